The van der Waals surface area contributed by atoms with E-state index < -0.39 is 0 Å². The summed E-state index contributed by atoms with van der Waals surface area (Å²) in [5.41, 5.74) is 11.9. The first kappa shape index (κ1) is 30.7. The van der Waals surface area contributed by atoms with E-state index in [1.165, 1.54) is 0 Å². The molecule has 0 bridgehead atoms. The van der Waals surface area contributed by atoms with Gasteiger partial charge in [-0.2, -0.15) is 0 Å². The van der Waals surface area contributed by atoms with E-state index in [0.29, 0.717) is 0 Å². The maximum atomic E-state index is 4.86. The summed E-state index contributed by atoms with van der Waals surface area (Å²) in [6.45, 7) is 0.825. The Balaban J connectivity index is 1.15. The molecule has 2 heterocycles. The minimum atomic E-state index is 0.825. The summed E-state index contributed by atoms with van der Waals surface area (Å²) >= 11 is 0. The van der Waals surface area contributed by atoms with Crippen LogP contribution >= 0.6 is 0 Å². The van der Waals surface area contributed by atoms with Crippen molar-refractivity contribution in [2.45, 2.75) is 0 Å². The number of aromatic nitrogens is 1. The highest BCUT2D eigenvalue weighted by molar-refractivity contribution is 5.83. The van der Waals surface area contributed by atoms with Crippen LogP contribution in [-0.2, 0) is 0 Å². The topological polar surface area (TPSA) is 25.9 Å². The Labute approximate surface area is 294 Å². The number of pyridine rings is 1. The van der Waals surface area contributed by atoms with Crippen LogP contribution in [0.1, 0.15) is 0 Å². The molecule has 0 unspecified atom stereocenters. The Kier molecular flexibility index (Phi) is 8.52. The van der Waals surface area contributed by atoms with Crippen molar-refractivity contribution >= 4 is 39.8 Å². The molecule has 1 aliphatic rings. The summed E-state index contributed by atoms with van der Waals surface area (Å²) in [4.78, 5) is 13.9. The van der Waals surface area contributed by atoms with E-state index in [4.69, 9.17) is 4.98 Å². The minimum Gasteiger partial charge on any atom is -0.361 e. The van der Waals surface area contributed by atoms with E-state index in [0.717, 1.165) is 68.9 Å². The van der Waals surface area contributed by atoms with E-state index >= 15 is 0 Å². The summed E-state index contributed by atoms with van der Waals surface area (Å²) in [5.74, 6) is 0. The molecule has 0 saturated heterocycles. The van der Waals surface area contributed by atoms with Gasteiger partial charge in [-0.05, 0) is 102 Å². The van der Waals surface area contributed by atoms with Crippen molar-refractivity contribution in [3.05, 3.63) is 195 Å². The van der Waals surface area contributed by atoms with Crippen LogP contribution in [-0.4, -0.2) is 23.6 Å². The van der Waals surface area contributed by atoms with Gasteiger partial charge in [-0.3, -0.25) is 4.98 Å². The van der Waals surface area contributed by atoms with Crippen molar-refractivity contribution in [2.24, 2.45) is 0 Å². The zero-order valence-corrected chi connectivity index (χ0v) is 27.9. The third-order valence-corrected chi connectivity index (χ3v) is 8.94. The van der Waals surface area contributed by atoms with Crippen molar-refractivity contribution in [1.82, 2.24) is 9.88 Å². The van der Waals surface area contributed by atoms with Crippen LogP contribution in [0, 0.1) is 0 Å². The molecule has 0 radical (unpaired) electrons. The van der Waals surface area contributed by atoms with Gasteiger partial charge in [-0.25, -0.2) is 0 Å². The second-order valence-electron chi connectivity index (χ2n) is 12.4. The molecule has 0 N–H and O–H groups in total. The van der Waals surface area contributed by atoms with E-state index in [9.17, 15) is 0 Å². The summed E-state index contributed by atoms with van der Waals surface area (Å²) in [7, 11) is 2.09. The highest BCUT2D eigenvalue weighted by Crippen LogP contribution is 2.39. The van der Waals surface area contributed by atoms with Gasteiger partial charge >= 0.3 is 0 Å². The van der Waals surface area contributed by atoms with Crippen molar-refractivity contribution in [1.29, 1.82) is 0 Å². The Hall–Kier alpha value is -6.59. The second-order valence-corrected chi connectivity index (χ2v) is 12.4. The number of para-hydroxylation sites is 3. The van der Waals surface area contributed by atoms with Crippen LogP contribution in [0.25, 0.3) is 22.4 Å². The average Bonchev–Trinajstić information content (AvgIpc) is 3.63. The first-order valence-corrected chi connectivity index (χ1v) is 16.9. The van der Waals surface area contributed by atoms with Gasteiger partial charge in [0, 0.05) is 71.0 Å². The van der Waals surface area contributed by atoms with Crippen LogP contribution in [0.4, 0.5) is 39.8 Å². The molecule has 50 heavy (non-hydrogen) atoms. The van der Waals surface area contributed by atoms with Crippen LogP contribution in [0.15, 0.2) is 195 Å². The average molecular weight is 648 g/mol. The van der Waals surface area contributed by atoms with E-state index in [2.05, 4.69) is 215 Å². The quantitative estimate of drug-likeness (QED) is 0.155. The predicted octanol–water partition coefficient (Wildman–Crippen LogP) is 11.5. The summed E-state index contributed by atoms with van der Waals surface area (Å²) < 4.78 is 0. The van der Waals surface area contributed by atoms with Crippen LogP contribution in [0.5, 0.6) is 0 Å². The molecule has 0 spiro atoms. The fraction of sp³-hybridized carbons (Fsp3) is 0.0444. The van der Waals surface area contributed by atoms with Gasteiger partial charge in [-0.15, -0.1) is 0 Å². The number of benzene rings is 6. The van der Waals surface area contributed by atoms with Gasteiger partial charge < -0.3 is 19.6 Å². The van der Waals surface area contributed by atoms with Gasteiger partial charge in [0.2, 0.25) is 0 Å². The standard InChI is InChI=1S/C45H37N5/c1-47-28-29-48(34-47)41-22-13-25-44(33-41)50(40-20-9-4-10-21-40)43-24-12-15-37(31-43)45-32-36(26-27-46-45)35-14-11-23-42(30-35)49(38-16-5-2-6-17-38)39-18-7-3-8-19-39/h2-33H,34H2,1H3. The number of nitrogens with zero attached hydrogens (tertiary/aromatic N) is 5. The maximum absolute atomic E-state index is 4.86. The van der Waals surface area contributed by atoms with Crippen molar-refractivity contribution in [3.8, 4) is 22.4 Å². The van der Waals surface area contributed by atoms with Gasteiger partial charge in [-0.1, -0.05) is 84.9 Å². The monoisotopic (exact) mass is 647 g/mol. The third-order valence-electron chi connectivity index (χ3n) is 8.94. The van der Waals surface area contributed by atoms with Crippen LogP contribution < -0.4 is 14.7 Å². The molecule has 7 aromatic rings. The number of anilines is 7. The fourth-order valence-corrected chi connectivity index (χ4v) is 6.53. The Morgan fingerprint density at radius 2 is 0.920 bits per heavy atom. The summed E-state index contributed by atoms with van der Waals surface area (Å²) in [6, 6.07) is 62.0. The molecule has 1 aliphatic heterocycles. The van der Waals surface area contributed by atoms with E-state index in [1.807, 2.05) is 6.20 Å². The molecule has 0 saturated carbocycles. The summed E-state index contributed by atoms with van der Waals surface area (Å²) in [5, 5.41) is 0. The smallest absolute Gasteiger partial charge is 0.0938 e. The van der Waals surface area contributed by atoms with Crippen molar-refractivity contribution in [3.63, 3.8) is 0 Å². The van der Waals surface area contributed by atoms with E-state index in [-0.39, 0.29) is 0 Å². The molecule has 5 heteroatoms. The minimum absolute atomic E-state index is 0.825. The maximum Gasteiger partial charge on any atom is 0.0938 e. The Morgan fingerprint density at radius 3 is 1.50 bits per heavy atom. The van der Waals surface area contributed by atoms with Gasteiger partial charge in [0.05, 0.1) is 12.4 Å². The zero-order chi connectivity index (χ0) is 33.7. The van der Waals surface area contributed by atoms with Crippen LogP contribution in [0.3, 0.4) is 0 Å². The predicted molar refractivity (Wildman–Crippen MR) is 209 cm³/mol. The lowest BCUT2D eigenvalue weighted by atomic mass is 10.0. The fourth-order valence-electron chi connectivity index (χ4n) is 6.53. The van der Waals surface area contributed by atoms with Gasteiger partial charge in [0.1, 0.15) is 0 Å². The molecular formula is C45H37N5. The van der Waals surface area contributed by atoms with Crippen LogP contribution in [0.2, 0.25) is 0 Å². The normalized spacial score (nSPS) is 12.3. The highest BCUT2D eigenvalue weighted by atomic mass is 15.3. The van der Waals surface area contributed by atoms with Gasteiger partial charge in [0.25, 0.3) is 0 Å². The Bertz CT molecular complexity index is 2190. The largest absolute Gasteiger partial charge is 0.361 e. The molecular weight excluding hydrogens is 611 g/mol. The number of hydrogen-bond acceptors (Lipinski definition) is 5. The number of hydrogen-bond donors (Lipinski definition) is 0. The number of rotatable bonds is 9. The molecule has 0 aliphatic carbocycles. The Morgan fingerprint density at radius 1 is 0.440 bits per heavy atom. The SMILES string of the molecule is CN1C=CN(c2cccc(N(c3ccccc3)c3cccc(-c4cc(-c5cccc(N(c6ccccc6)c6ccccc6)c5)ccn4)c3)c2)C1. The molecule has 5 nitrogen and oxygen atoms in total. The summed E-state index contributed by atoms with van der Waals surface area (Å²) in [6.07, 6.45) is 6.14. The van der Waals surface area contributed by atoms with E-state index in [1.54, 1.807) is 0 Å². The molecule has 0 fully saturated rings. The first-order valence-electron chi connectivity index (χ1n) is 16.9. The second kappa shape index (κ2) is 13.9. The zero-order valence-electron chi connectivity index (χ0n) is 27.9. The first-order chi connectivity index (χ1) is 24.7. The molecule has 242 valence electrons. The molecule has 8 rings (SSSR count). The van der Waals surface area contributed by atoms with Gasteiger partial charge in [0.15, 0.2) is 0 Å². The molecule has 0 atom stereocenters. The van der Waals surface area contributed by atoms with Crippen molar-refractivity contribution < 1.29 is 0 Å². The molecule has 1 aromatic heterocycles. The third kappa shape index (κ3) is 6.45. The lowest BCUT2D eigenvalue weighted by Crippen LogP contribution is -2.21. The molecule has 0 amide bonds. The molecule has 6 aromatic carbocycles. The van der Waals surface area contributed by atoms with Crippen molar-refractivity contribution in [2.75, 3.05) is 28.4 Å². The lowest BCUT2D eigenvalue weighted by molar-refractivity contribution is 0.496. The lowest BCUT2D eigenvalue weighted by Gasteiger charge is -2.27. The highest BCUT2D eigenvalue weighted by Gasteiger charge is 2.17.